The molecule has 8 heteroatoms. The van der Waals surface area contributed by atoms with Crippen molar-refractivity contribution in [3.05, 3.63) is 40.8 Å². The molecule has 1 saturated heterocycles. The first-order chi connectivity index (χ1) is 11.9. The summed E-state index contributed by atoms with van der Waals surface area (Å²) >= 11 is 6.17. The zero-order valence-corrected chi connectivity index (χ0v) is 15.2. The highest BCUT2D eigenvalue weighted by atomic mass is 32.2. The molecule has 0 aliphatic carbocycles. The fraction of sp³-hybridized carbons (Fsp3) is 0.235. The first-order valence-electron chi connectivity index (χ1n) is 7.44. The van der Waals surface area contributed by atoms with E-state index in [0.29, 0.717) is 33.8 Å². The summed E-state index contributed by atoms with van der Waals surface area (Å²) in [6.07, 6.45) is 3.85. The number of carboxylic acids is 1. The van der Waals surface area contributed by atoms with Gasteiger partial charge in [0.2, 0.25) is 0 Å². The molecule has 2 rings (SSSR count). The molecule has 0 unspecified atom stereocenters. The summed E-state index contributed by atoms with van der Waals surface area (Å²) in [5.74, 6) is -0.540. The van der Waals surface area contributed by atoms with Crippen molar-refractivity contribution in [2.75, 3.05) is 13.2 Å². The first-order valence-corrected chi connectivity index (χ1v) is 8.67. The first kappa shape index (κ1) is 19.0. The van der Waals surface area contributed by atoms with Crippen LogP contribution in [0.25, 0.3) is 6.08 Å². The van der Waals surface area contributed by atoms with E-state index in [1.807, 2.05) is 13.0 Å². The van der Waals surface area contributed by atoms with Crippen molar-refractivity contribution in [3.63, 3.8) is 0 Å². The quantitative estimate of drug-likeness (QED) is 0.408. The number of carboxylic acid groups (broad SMARTS) is 1. The SMILES string of the molecule is C=CCc1cc(C=C2SC(=S)NC2=O)cc(OCC)c1OCC(=O)O. The summed E-state index contributed by atoms with van der Waals surface area (Å²) in [6, 6.07) is 3.51. The number of nitrogens with one attached hydrogen (secondary N) is 1. The number of hydrogen-bond acceptors (Lipinski definition) is 6. The van der Waals surface area contributed by atoms with Crippen LogP contribution in [-0.4, -0.2) is 34.5 Å². The molecule has 1 fully saturated rings. The van der Waals surface area contributed by atoms with Crippen LogP contribution in [0.3, 0.4) is 0 Å². The second-order valence-corrected chi connectivity index (χ2v) is 6.69. The summed E-state index contributed by atoms with van der Waals surface area (Å²) in [5.41, 5.74) is 1.45. The molecule has 0 saturated carbocycles. The van der Waals surface area contributed by atoms with Crippen molar-refractivity contribution in [2.24, 2.45) is 0 Å². The monoisotopic (exact) mass is 379 g/mol. The molecule has 1 aliphatic rings. The predicted molar refractivity (Wildman–Crippen MR) is 101 cm³/mol. The van der Waals surface area contributed by atoms with Crippen LogP contribution >= 0.6 is 24.0 Å². The predicted octanol–water partition coefficient (Wildman–Crippen LogP) is 2.77. The largest absolute Gasteiger partial charge is 0.490 e. The summed E-state index contributed by atoms with van der Waals surface area (Å²) in [7, 11) is 0. The molecule has 1 aliphatic heterocycles. The van der Waals surface area contributed by atoms with Gasteiger partial charge < -0.3 is 19.9 Å². The van der Waals surface area contributed by atoms with Crippen molar-refractivity contribution in [1.29, 1.82) is 0 Å². The van der Waals surface area contributed by atoms with Crippen LogP contribution in [0, 0.1) is 0 Å². The van der Waals surface area contributed by atoms with Crippen molar-refractivity contribution < 1.29 is 24.2 Å². The average molecular weight is 379 g/mol. The second kappa shape index (κ2) is 8.68. The molecule has 0 atom stereocenters. The number of thioether (sulfide) groups is 1. The zero-order valence-electron chi connectivity index (χ0n) is 13.5. The van der Waals surface area contributed by atoms with Gasteiger partial charge in [0.1, 0.15) is 4.32 Å². The Morgan fingerprint density at radius 3 is 2.76 bits per heavy atom. The highest BCUT2D eigenvalue weighted by molar-refractivity contribution is 8.26. The average Bonchev–Trinajstić information content (AvgIpc) is 2.84. The van der Waals surface area contributed by atoms with Gasteiger partial charge in [-0.25, -0.2) is 4.79 Å². The van der Waals surface area contributed by atoms with E-state index in [0.717, 1.165) is 11.1 Å². The van der Waals surface area contributed by atoms with Crippen molar-refractivity contribution in [1.82, 2.24) is 5.32 Å². The van der Waals surface area contributed by atoms with Crippen molar-refractivity contribution in [2.45, 2.75) is 13.3 Å². The lowest BCUT2D eigenvalue weighted by Crippen LogP contribution is -2.17. The second-order valence-electron chi connectivity index (χ2n) is 4.97. The maximum atomic E-state index is 11.8. The van der Waals surface area contributed by atoms with Gasteiger partial charge in [-0.05, 0) is 37.1 Å². The van der Waals surface area contributed by atoms with Crippen LogP contribution in [0.4, 0.5) is 0 Å². The maximum absolute atomic E-state index is 11.8. The lowest BCUT2D eigenvalue weighted by molar-refractivity contribution is -0.139. The van der Waals surface area contributed by atoms with Crippen LogP contribution in [0.15, 0.2) is 29.7 Å². The number of allylic oxidation sites excluding steroid dienone is 1. The number of rotatable bonds is 8. The highest BCUT2D eigenvalue weighted by Crippen LogP contribution is 2.36. The Bertz CT molecular complexity index is 758. The summed E-state index contributed by atoms with van der Waals surface area (Å²) < 4.78 is 11.4. The Morgan fingerprint density at radius 1 is 1.44 bits per heavy atom. The molecule has 132 valence electrons. The number of carbonyl (C=O) groups excluding carboxylic acids is 1. The topological polar surface area (TPSA) is 84.9 Å². The number of ether oxygens (including phenoxy) is 2. The standard InChI is InChI=1S/C17H17NO5S2/c1-3-5-11-6-10(8-13-16(21)18-17(24)25-13)7-12(22-4-2)15(11)23-9-14(19)20/h3,6-8H,1,4-5,9H2,2H3,(H,19,20)(H,18,21,24). The molecule has 6 nitrogen and oxygen atoms in total. The maximum Gasteiger partial charge on any atom is 0.341 e. The number of thiocarbonyl (C=S) groups is 1. The van der Waals surface area contributed by atoms with Crippen LogP contribution in [0.2, 0.25) is 0 Å². The van der Waals surface area contributed by atoms with Gasteiger partial charge in [0.05, 0.1) is 11.5 Å². The van der Waals surface area contributed by atoms with E-state index in [9.17, 15) is 9.59 Å². The molecule has 25 heavy (non-hydrogen) atoms. The van der Waals surface area contributed by atoms with Crippen molar-refractivity contribution in [3.8, 4) is 11.5 Å². The van der Waals surface area contributed by atoms with Gasteiger partial charge in [-0.15, -0.1) is 6.58 Å². The molecule has 1 aromatic carbocycles. The van der Waals surface area contributed by atoms with E-state index >= 15 is 0 Å². The zero-order chi connectivity index (χ0) is 18.4. The summed E-state index contributed by atoms with van der Waals surface area (Å²) in [6.45, 7) is 5.44. The number of amides is 1. The molecule has 1 aromatic rings. The third-order valence-corrected chi connectivity index (χ3v) is 4.26. The van der Waals surface area contributed by atoms with E-state index in [1.54, 1.807) is 18.2 Å². The molecular weight excluding hydrogens is 362 g/mol. The van der Waals surface area contributed by atoms with E-state index in [1.165, 1.54) is 11.8 Å². The summed E-state index contributed by atoms with van der Waals surface area (Å²) in [4.78, 5) is 23.1. The van der Waals surface area contributed by atoms with Gasteiger partial charge in [-0.2, -0.15) is 0 Å². The van der Waals surface area contributed by atoms with Crippen LogP contribution in [-0.2, 0) is 16.0 Å². The highest BCUT2D eigenvalue weighted by Gasteiger charge is 2.22. The molecule has 0 bridgehead atoms. The van der Waals surface area contributed by atoms with Gasteiger partial charge in [0, 0.05) is 5.56 Å². The van der Waals surface area contributed by atoms with Gasteiger partial charge in [-0.1, -0.05) is 30.1 Å². The number of aliphatic carboxylic acids is 1. The van der Waals surface area contributed by atoms with Crippen LogP contribution in [0.1, 0.15) is 18.1 Å². The van der Waals surface area contributed by atoms with Gasteiger partial charge >= 0.3 is 5.97 Å². The third-order valence-electron chi connectivity index (χ3n) is 3.10. The molecule has 0 radical (unpaired) electrons. The molecular formula is C17H17NO5S2. The van der Waals surface area contributed by atoms with Gasteiger partial charge in [0.15, 0.2) is 18.1 Å². The van der Waals surface area contributed by atoms with E-state index in [4.69, 9.17) is 26.8 Å². The van der Waals surface area contributed by atoms with Crippen LogP contribution < -0.4 is 14.8 Å². The Balaban J connectivity index is 2.46. The molecule has 2 N–H and O–H groups in total. The fourth-order valence-corrected chi connectivity index (χ4v) is 3.25. The lowest BCUT2D eigenvalue weighted by atomic mass is 10.0. The van der Waals surface area contributed by atoms with Crippen LogP contribution in [0.5, 0.6) is 11.5 Å². The molecule has 0 spiro atoms. The lowest BCUT2D eigenvalue weighted by Gasteiger charge is -2.16. The number of benzene rings is 1. The van der Waals surface area contributed by atoms with E-state index in [-0.39, 0.29) is 5.91 Å². The van der Waals surface area contributed by atoms with E-state index < -0.39 is 12.6 Å². The van der Waals surface area contributed by atoms with Gasteiger partial charge in [0.25, 0.3) is 5.91 Å². The minimum atomic E-state index is -1.08. The van der Waals surface area contributed by atoms with E-state index in [2.05, 4.69) is 11.9 Å². The smallest absolute Gasteiger partial charge is 0.341 e. The Kier molecular flexibility index (Phi) is 6.60. The Labute approximate surface area is 154 Å². The minimum Gasteiger partial charge on any atom is -0.490 e. The molecule has 1 heterocycles. The molecule has 1 amide bonds. The summed E-state index contributed by atoms with van der Waals surface area (Å²) in [5, 5.41) is 11.4. The minimum absolute atomic E-state index is 0.246. The number of hydrogen-bond donors (Lipinski definition) is 2. The van der Waals surface area contributed by atoms with Gasteiger partial charge in [-0.3, -0.25) is 4.79 Å². The number of carbonyl (C=O) groups is 2. The molecule has 0 aromatic heterocycles. The Hall–Kier alpha value is -2.32. The Morgan fingerprint density at radius 2 is 2.20 bits per heavy atom. The fourth-order valence-electron chi connectivity index (χ4n) is 2.21. The van der Waals surface area contributed by atoms with Crippen molar-refractivity contribution >= 4 is 46.3 Å². The third kappa shape index (κ3) is 5.07. The normalized spacial score (nSPS) is 15.2.